The van der Waals surface area contributed by atoms with E-state index in [0.717, 1.165) is 11.3 Å². The number of halogens is 2. The summed E-state index contributed by atoms with van der Waals surface area (Å²) in [5, 5.41) is 2.54. The van der Waals surface area contributed by atoms with E-state index in [0.29, 0.717) is 11.3 Å². The van der Waals surface area contributed by atoms with Crippen LogP contribution in [-0.4, -0.2) is 64.0 Å². The molecule has 2 aliphatic carbocycles. The number of imide groups is 1. The van der Waals surface area contributed by atoms with Gasteiger partial charge in [-0.05, 0) is 49.4 Å². The molecule has 2 bridgehead atoms. The molecular formula is C22H22Br2N2O7. The summed E-state index contributed by atoms with van der Waals surface area (Å²) in [5.41, 5.74) is 0.753. The molecule has 3 aliphatic rings. The summed E-state index contributed by atoms with van der Waals surface area (Å²) in [6.07, 6.45) is 0.803. The van der Waals surface area contributed by atoms with E-state index in [1.54, 1.807) is 6.92 Å². The topological polar surface area (TPSA) is 119 Å². The highest BCUT2D eigenvalue weighted by molar-refractivity contribution is 9.12. The summed E-state index contributed by atoms with van der Waals surface area (Å²) < 4.78 is 9.87. The maximum Gasteiger partial charge on any atom is 0.338 e. The van der Waals surface area contributed by atoms with Crippen LogP contribution in [0.25, 0.3) is 0 Å². The zero-order chi connectivity index (χ0) is 23.9. The van der Waals surface area contributed by atoms with Crippen LogP contribution in [0.3, 0.4) is 0 Å². The Morgan fingerprint density at radius 1 is 1.00 bits per heavy atom. The molecule has 33 heavy (non-hydrogen) atoms. The first-order valence-corrected chi connectivity index (χ1v) is 12.4. The second kappa shape index (κ2) is 9.54. The fourth-order valence-electron chi connectivity index (χ4n) is 4.99. The highest BCUT2D eigenvalue weighted by atomic mass is 79.9. The number of nitrogens with zero attached hydrogens (tertiary/aromatic N) is 1. The van der Waals surface area contributed by atoms with Gasteiger partial charge in [-0.3, -0.25) is 24.1 Å². The van der Waals surface area contributed by atoms with Gasteiger partial charge in [0.25, 0.3) is 5.91 Å². The molecule has 3 amide bonds. The van der Waals surface area contributed by atoms with Crippen molar-refractivity contribution in [1.29, 1.82) is 0 Å². The van der Waals surface area contributed by atoms with Gasteiger partial charge in [0.15, 0.2) is 6.61 Å². The largest absolute Gasteiger partial charge is 0.462 e. The Morgan fingerprint density at radius 3 is 2.12 bits per heavy atom. The standard InChI is InChI=1S/C22H22Br2N2O7/c1-2-32-22(31)10-3-5-11(6-4-10)25-14(27)9-33-15(28)8-26-20(29)16-12-7-13(17(16)21(26)30)19(24)18(12)23/h3-6,12-13,16-19H,2,7-9H2,1H3,(H,25,27)/t12-,13-,16-,17+,18-,19+/m1/s1. The van der Waals surface area contributed by atoms with E-state index in [9.17, 15) is 24.0 Å². The molecule has 0 radical (unpaired) electrons. The lowest BCUT2D eigenvalue weighted by atomic mass is 9.81. The van der Waals surface area contributed by atoms with E-state index in [1.807, 2.05) is 0 Å². The number of fused-ring (bicyclic) bond motifs is 5. The van der Waals surface area contributed by atoms with Gasteiger partial charge in [0.1, 0.15) is 6.54 Å². The highest BCUT2D eigenvalue weighted by Crippen LogP contribution is 2.60. The predicted molar refractivity (Wildman–Crippen MR) is 123 cm³/mol. The number of hydrogen-bond donors (Lipinski definition) is 1. The zero-order valence-electron chi connectivity index (χ0n) is 17.7. The highest BCUT2D eigenvalue weighted by Gasteiger charge is 2.66. The van der Waals surface area contributed by atoms with E-state index in [2.05, 4.69) is 37.2 Å². The van der Waals surface area contributed by atoms with Crippen molar-refractivity contribution < 1.29 is 33.4 Å². The van der Waals surface area contributed by atoms with Crippen LogP contribution in [0.15, 0.2) is 24.3 Å². The predicted octanol–water partition coefficient (Wildman–Crippen LogP) is 2.12. The molecule has 176 valence electrons. The number of nitrogens with one attached hydrogen (secondary N) is 1. The van der Waals surface area contributed by atoms with E-state index in [1.165, 1.54) is 24.3 Å². The summed E-state index contributed by atoms with van der Waals surface area (Å²) in [4.78, 5) is 62.8. The van der Waals surface area contributed by atoms with Gasteiger partial charge in [-0.1, -0.05) is 31.9 Å². The van der Waals surface area contributed by atoms with Crippen LogP contribution in [0, 0.1) is 23.7 Å². The Hall–Kier alpha value is -2.27. The molecule has 1 aromatic rings. The number of carbonyl (C=O) groups is 5. The van der Waals surface area contributed by atoms with Crippen LogP contribution in [0.2, 0.25) is 0 Å². The lowest BCUT2D eigenvalue weighted by Crippen LogP contribution is -2.38. The average Bonchev–Trinajstić information content (AvgIpc) is 3.39. The molecule has 0 spiro atoms. The molecule has 0 aromatic heterocycles. The molecule has 4 rings (SSSR count). The quantitative estimate of drug-likeness (QED) is 0.296. The fraction of sp³-hybridized carbons (Fsp3) is 0.500. The molecule has 9 nitrogen and oxygen atoms in total. The van der Waals surface area contributed by atoms with Crippen molar-refractivity contribution >= 4 is 67.2 Å². The molecular weight excluding hydrogens is 564 g/mol. The molecule has 1 N–H and O–H groups in total. The molecule has 1 saturated heterocycles. The van der Waals surface area contributed by atoms with Crippen molar-refractivity contribution in [2.45, 2.75) is 23.0 Å². The van der Waals surface area contributed by atoms with Crippen LogP contribution < -0.4 is 5.32 Å². The van der Waals surface area contributed by atoms with Crippen molar-refractivity contribution in [2.75, 3.05) is 25.1 Å². The number of likely N-dealkylation sites (tertiary alicyclic amines) is 1. The Balaban J connectivity index is 1.27. The molecule has 1 aliphatic heterocycles. The first-order valence-electron chi connectivity index (χ1n) is 10.6. The lowest BCUT2D eigenvalue weighted by Gasteiger charge is -2.28. The van der Waals surface area contributed by atoms with Gasteiger partial charge in [0.05, 0.1) is 24.0 Å². The Labute approximate surface area is 206 Å². The SMILES string of the molecule is CCOC(=O)c1ccc(NC(=O)COC(=O)CN2C(=O)[C@@H]3[C@H]4C[C@@H]([C@H](Br)[C@@H]4Br)[C@@H]3C2=O)cc1. The number of ether oxygens (including phenoxy) is 2. The first kappa shape index (κ1) is 23.9. The minimum atomic E-state index is -0.831. The number of rotatable bonds is 7. The van der Waals surface area contributed by atoms with Gasteiger partial charge < -0.3 is 14.8 Å². The number of amides is 3. The number of anilines is 1. The summed E-state index contributed by atoms with van der Waals surface area (Å²) in [5.74, 6) is -3.28. The minimum absolute atomic E-state index is 0.0582. The normalized spacial score (nSPS) is 29.7. The van der Waals surface area contributed by atoms with Gasteiger partial charge in [-0.2, -0.15) is 0 Å². The Kier molecular flexibility index (Phi) is 6.90. The van der Waals surface area contributed by atoms with E-state index < -0.39 is 42.8 Å². The van der Waals surface area contributed by atoms with Crippen LogP contribution in [0.5, 0.6) is 0 Å². The summed E-state index contributed by atoms with van der Waals surface area (Å²) in [6, 6.07) is 6.05. The van der Waals surface area contributed by atoms with E-state index >= 15 is 0 Å². The smallest absolute Gasteiger partial charge is 0.338 e. The number of alkyl halides is 2. The third-order valence-corrected chi connectivity index (χ3v) is 9.62. The summed E-state index contributed by atoms with van der Waals surface area (Å²) in [7, 11) is 0. The number of hydrogen-bond acceptors (Lipinski definition) is 7. The van der Waals surface area contributed by atoms with Crippen LogP contribution in [0.4, 0.5) is 5.69 Å². The molecule has 11 heteroatoms. The fourth-order valence-corrected chi connectivity index (χ4v) is 6.86. The molecule has 1 aromatic carbocycles. The minimum Gasteiger partial charge on any atom is -0.462 e. The van der Waals surface area contributed by atoms with Gasteiger partial charge in [0.2, 0.25) is 11.8 Å². The van der Waals surface area contributed by atoms with Gasteiger partial charge in [-0.25, -0.2) is 4.79 Å². The maximum absolute atomic E-state index is 12.8. The van der Waals surface area contributed by atoms with Crippen LogP contribution >= 0.6 is 31.9 Å². The Bertz CT molecular complexity index is 967. The third kappa shape index (κ3) is 4.44. The molecule has 3 fully saturated rings. The van der Waals surface area contributed by atoms with Crippen molar-refractivity contribution in [2.24, 2.45) is 23.7 Å². The van der Waals surface area contributed by atoms with E-state index in [4.69, 9.17) is 9.47 Å². The van der Waals surface area contributed by atoms with Crippen molar-refractivity contribution in [1.82, 2.24) is 4.90 Å². The summed E-state index contributed by atoms with van der Waals surface area (Å²) >= 11 is 7.23. The van der Waals surface area contributed by atoms with Crippen molar-refractivity contribution in [3.63, 3.8) is 0 Å². The average molecular weight is 586 g/mol. The van der Waals surface area contributed by atoms with Gasteiger partial charge in [-0.15, -0.1) is 0 Å². The number of benzene rings is 1. The second-order valence-electron chi connectivity index (χ2n) is 8.27. The van der Waals surface area contributed by atoms with Gasteiger partial charge >= 0.3 is 11.9 Å². The zero-order valence-corrected chi connectivity index (χ0v) is 20.8. The van der Waals surface area contributed by atoms with E-state index in [-0.39, 0.29) is 39.9 Å². The monoisotopic (exact) mass is 584 g/mol. The molecule has 2 saturated carbocycles. The Morgan fingerprint density at radius 2 is 1.58 bits per heavy atom. The van der Waals surface area contributed by atoms with Crippen molar-refractivity contribution in [3.8, 4) is 0 Å². The number of esters is 2. The van der Waals surface area contributed by atoms with Gasteiger partial charge in [0, 0.05) is 15.3 Å². The first-order chi connectivity index (χ1) is 15.7. The molecule has 6 atom stereocenters. The van der Waals surface area contributed by atoms with Crippen LogP contribution in [-0.2, 0) is 28.7 Å². The summed E-state index contributed by atoms with van der Waals surface area (Å²) in [6.45, 7) is 0.884. The van der Waals surface area contributed by atoms with Crippen LogP contribution in [0.1, 0.15) is 23.7 Å². The van der Waals surface area contributed by atoms with Crippen molar-refractivity contribution in [3.05, 3.63) is 29.8 Å². The molecule has 0 unspecified atom stereocenters. The number of carbonyl (C=O) groups excluding carboxylic acids is 5. The molecule has 1 heterocycles. The third-order valence-electron chi connectivity index (χ3n) is 6.41. The maximum atomic E-state index is 12.8. The lowest BCUT2D eigenvalue weighted by molar-refractivity contribution is -0.154. The second-order valence-corrected chi connectivity index (χ2v) is 10.4.